The van der Waals surface area contributed by atoms with E-state index in [4.69, 9.17) is 0 Å². The van der Waals surface area contributed by atoms with Gasteiger partial charge in [-0.1, -0.05) is 44.2 Å². The van der Waals surface area contributed by atoms with Crippen LogP contribution in [-0.2, 0) is 0 Å². The molecular formula is C21H28N4O. The maximum atomic E-state index is 12.8. The molecule has 5 nitrogen and oxygen atoms in total. The van der Waals surface area contributed by atoms with Crippen LogP contribution in [-0.4, -0.2) is 34.0 Å². The number of amides is 2. The number of benzene rings is 1. The first-order valence-electron chi connectivity index (χ1n) is 9.44. The molecule has 5 heteroatoms. The Morgan fingerprint density at radius 1 is 1.15 bits per heavy atom. The quantitative estimate of drug-likeness (QED) is 0.902. The van der Waals surface area contributed by atoms with Gasteiger partial charge in [0.25, 0.3) is 0 Å². The third-order valence-corrected chi connectivity index (χ3v) is 5.10. The molecule has 1 aromatic heterocycles. The van der Waals surface area contributed by atoms with Gasteiger partial charge in [0.05, 0.1) is 6.04 Å². The van der Waals surface area contributed by atoms with Crippen LogP contribution < -0.4 is 5.32 Å². The molecule has 138 valence electrons. The van der Waals surface area contributed by atoms with Crippen molar-refractivity contribution in [3.05, 3.63) is 59.7 Å². The van der Waals surface area contributed by atoms with Crippen molar-refractivity contribution in [1.82, 2.24) is 20.2 Å². The number of aromatic nitrogens is 2. The van der Waals surface area contributed by atoms with E-state index in [1.165, 1.54) is 0 Å². The maximum Gasteiger partial charge on any atom is 0.317 e. The van der Waals surface area contributed by atoms with Gasteiger partial charge in [-0.3, -0.25) is 0 Å². The van der Waals surface area contributed by atoms with Crippen LogP contribution in [0.4, 0.5) is 4.79 Å². The lowest BCUT2D eigenvalue weighted by Crippen LogP contribution is -2.46. The highest BCUT2D eigenvalue weighted by atomic mass is 16.2. The minimum absolute atomic E-state index is 0.0323. The van der Waals surface area contributed by atoms with Gasteiger partial charge in [0.1, 0.15) is 5.82 Å². The predicted octanol–water partition coefficient (Wildman–Crippen LogP) is 4.07. The molecule has 1 aliphatic heterocycles. The van der Waals surface area contributed by atoms with Crippen LogP contribution >= 0.6 is 0 Å². The first-order valence-corrected chi connectivity index (χ1v) is 9.44. The zero-order valence-electron chi connectivity index (χ0n) is 15.9. The minimum Gasteiger partial charge on any atom is -0.331 e. The number of urea groups is 1. The van der Waals surface area contributed by atoms with Gasteiger partial charge in [-0.2, -0.15) is 0 Å². The number of nitrogens with zero attached hydrogens (tertiary/aromatic N) is 3. The van der Waals surface area contributed by atoms with E-state index in [0.717, 1.165) is 43.0 Å². The first-order chi connectivity index (χ1) is 12.5. The number of hydrogen-bond donors (Lipinski definition) is 1. The van der Waals surface area contributed by atoms with E-state index < -0.39 is 0 Å². The summed E-state index contributed by atoms with van der Waals surface area (Å²) >= 11 is 0. The van der Waals surface area contributed by atoms with Crippen molar-refractivity contribution < 1.29 is 4.79 Å². The Labute approximate surface area is 155 Å². The molecule has 1 atom stereocenters. The second-order valence-corrected chi connectivity index (χ2v) is 7.37. The van der Waals surface area contributed by atoms with Crippen LogP contribution in [0.15, 0.2) is 42.6 Å². The molecule has 1 N–H and O–H groups in total. The molecule has 2 heterocycles. The van der Waals surface area contributed by atoms with E-state index in [9.17, 15) is 4.79 Å². The second-order valence-electron chi connectivity index (χ2n) is 7.37. The van der Waals surface area contributed by atoms with Gasteiger partial charge in [0.15, 0.2) is 0 Å². The minimum atomic E-state index is 0.0323. The molecule has 0 saturated carbocycles. The maximum absolute atomic E-state index is 12.8. The lowest BCUT2D eigenvalue weighted by Gasteiger charge is -2.34. The van der Waals surface area contributed by atoms with Crippen LogP contribution in [0.5, 0.6) is 0 Å². The van der Waals surface area contributed by atoms with Crippen LogP contribution in [0.2, 0.25) is 0 Å². The zero-order valence-corrected chi connectivity index (χ0v) is 15.9. The molecule has 1 unspecified atom stereocenters. The van der Waals surface area contributed by atoms with Crippen molar-refractivity contribution in [2.45, 2.75) is 45.6 Å². The monoisotopic (exact) mass is 352 g/mol. The number of rotatable bonds is 4. The van der Waals surface area contributed by atoms with Crippen LogP contribution in [0.1, 0.15) is 55.7 Å². The van der Waals surface area contributed by atoms with E-state index in [2.05, 4.69) is 41.3 Å². The molecule has 0 spiro atoms. The van der Waals surface area contributed by atoms with Crippen LogP contribution in [0, 0.1) is 12.8 Å². The zero-order chi connectivity index (χ0) is 18.5. The summed E-state index contributed by atoms with van der Waals surface area (Å²) in [6.45, 7) is 7.73. The van der Waals surface area contributed by atoms with Crippen molar-refractivity contribution >= 4 is 6.03 Å². The van der Waals surface area contributed by atoms with Crippen molar-refractivity contribution in [3.63, 3.8) is 0 Å². The van der Waals surface area contributed by atoms with Gasteiger partial charge in [-0.25, -0.2) is 14.8 Å². The highest BCUT2D eigenvalue weighted by molar-refractivity contribution is 5.75. The number of nitrogens with one attached hydrogen (secondary N) is 1. The summed E-state index contributed by atoms with van der Waals surface area (Å²) in [6, 6.07) is 12.3. The van der Waals surface area contributed by atoms with Crippen molar-refractivity contribution in [2.75, 3.05) is 13.1 Å². The van der Waals surface area contributed by atoms with Gasteiger partial charge in [0.2, 0.25) is 0 Å². The van der Waals surface area contributed by atoms with E-state index in [-0.39, 0.29) is 12.1 Å². The van der Waals surface area contributed by atoms with E-state index in [0.29, 0.717) is 11.8 Å². The molecule has 1 saturated heterocycles. The third kappa shape index (κ3) is 4.40. The Kier molecular flexibility index (Phi) is 5.86. The lowest BCUT2D eigenvalue weighted by atomic mass is 9.93. The average Bonchev–Trinajstić information content (AvgIpc) is 2.66. The third-order valence-electron chi connectivity index (χ3n) is 5.10. The summed E-state index contributed by atoms with van der Waals surface area (Å²) < 4.78 is 0. The summed E-state index contributed by atoms with van der Waals surface area (Å²) in [5.74, 6) is 1.56. The van der Waals surface area contributed by atoms with Gasteiger partial charge in [-0.05, 0) is 37.3 Å². The Morgan fingerprint density at radius 2 is 1.85 bits per heavy atom. The van der Waals surface area contributed by atoms with Crippen molar-refractivity contribution in [1.29, 1.82) is 0 Å². The fraction of sp³-hybridized carbons (Fsp3) is 0.476. The normalized spacial score (nSPS) is 16.5. The van der Waals surface area contributed by atoms with E-state index in [1.807, 2.05) is 42.3 Å². The molecule has 26 heavy (non-hydrogen) atoms. The molecule has 1 aliphatic rings. The molecule has 0 aliphatic carbocycles. The largest absolute Gasteiger partial charge is 0.331 e. The second kappa shape index (κ2) is 8.30. The Bertz CT molecular complexity index is 724. The van der Waals surface area contributed by atoms with Gasteiger partial charge >= 0.3 is 6.03 Å². The number of hydrogen-bond acceptors (Lipinski definition) is 3. The summed E-state index contributed by atoms with van der Waals surface area (Å²) in [4.78, 5) is 23.4. The number of carbonyl (C=O) groups excluding carboxylic acids is 1. The van der Waals surface area contributed by atoms with Gasteiger partial charge in [-0.15, -0.1) is 0 Å². The summed E-state index contributed by atoms with van der Waals surface area (Å²) in [6.07, 6.45) is 3.72. The Hall–Kier alpha value is -2.43. The molecule has 2 amide bonds. The van der Waals surface area contributed by atoms with Crippen LogP contribution in [0.25, 0.3) is 0 Å². The topological polar surface area (TPSA) is 58.1 Å². The highest BCUT2D eigenvalue weighted by Crippen LogP contribution is 2.27. The fourth-order valence-electron chi connectivity index (χ4n) is 3.60. The van der Waals surface area contributed by atoms with Crippen molar-refractivity contribution in [3.8, 4) is 0 Å². The molecule has 1 aromatic carbocycles. The first kappa shape index (κ1) is 18.4. The highest BCUT2D eigenvalue weighted by Gasteiger charge is 2.27. The van der Waals surface area contributed by atoms with E-state index in [1.54, 1.807) is 0 Å². The fourth-order valence-corrected chi connectivity index (χ4v) is 3.60. The molecule has 0 radical (unpaired) electrons. The Morgan fingerprint density at radius 3 is 2.46 bits per heavy atom. The SMILES string of the molecule is Cc1nccc(C2CCN(C(=O)NC(c3ccccc3)C(C)C)CC2)n1. The van der Waals surface area contributed by atoms with E-state index >= 15 is 0 Å². The number of carbonyl (C=O) groups is 1. The molecule has 3 rings (SSSR count). The molecule has 2 aromatic rings. The molecular weight excluding hydrogens is 324 g/mol. The molecule has 1 fully saturated rings. The van der Waals surface area contributed by atoms with Gasteiger partial charge < -0.3 is 10.2 Å². The average molecular weight is 352 g/mol. The number of aryl methyl sites for hydroxylation is 1. The van der Waals surface area contributed by atoms with Gasteiger partial charge in [0, 0.05) is 30.9 Å². The number of likely N-dealkylation sites (tertiary alicyclic amines) is 1. The standard InChI is InChI=1S/C21H28N4O/c1-15(2)20(18-7-5-4-6-8-18)24-21(26)25-13-10-17(11-14-25)19-9-12-22-16(3)23-19/h4-9,12,15,17,20H,10-11,13-14H2,1-3H3,(H,24,26). The Balaban J connectivity index is 1.59. The predicted molar refractivity (Wildman–Crippen MR) is 103 cm³/mol. The lowest BCUT2D eigenvalue weighted by molar-refractivity contribution is 0.174. The smallest absolute Gasteiger partial charge is 0.317 e. The van der Waals surface area contributed by atoms with Crippen molar-refractivity contribution in [2.24, 2.45) is 5.92 Å². The summed E-state index contributed by atoms with van der Waals surface area (Å²) in [7, 11) is 0. The number of piperidine rings is 1. The van der Waals surface area contributed by atoms with Crippen LogP contribution in [0.3, 0.4) is 0 Å². The molecule has 0 bridgehead atoms. The summed E-state index contributed by atoms with van der Waals surface area (Å²) in [5, 5.41) is 3.23. The summed E-state index contributed by atoms with van der Waals surface area (Å²) in [5.41, 5.74) is 2.25.